The zero-order valence-corrected chi connectivity index (χ0v) is 8.85. The molecule has 2 heterocycles. The number of rotatable bonds is 4. The second-order valence-corrected chi connectivity index (χ2v) is 3.79. The van der Waals surface area contributed by atoms with E-state index in [0.717, 1.165) is 26.1 Å². The molecule has 0 aromatic carbocycles. The average Bonchev–Trinajstić information content (AvgIpc) is 2.76. The molecule has 5 heteroatoms. The fourth-order valence-electron chi connectivity index (χ4n) is 1.63. The van der Waals surface area contributed by atoms with E-state index in [0.29, 0.717) is 12.5 Å². The molecule has 16 heavy (non-hydrogen) atoms. The highest BCUT2D eigenvalue weighted by Gasteiger charge is 2.16. The monoisotopic (exact) mass is 226 g/mol. The van der Waals surface area contributed by atoms with Crippen LogP contribution in [0.1, 0.15) is 23.4 Å². The van der Waals surface area contributed by atoms with Gasteiger partial charge in [-0.05, 0) is 24.8 Å². The minimum Gasteiger partial charge on any atom is -0.475 e. The molecule has 0 spiro atoms. The molecule has 0 amide bonds. The Morgan fingerprint density at radius 2 is 2.19 bits per heavy atom. The van der Waals surface area contributed by atoms with Crippen molar-refractivity contribution in [2.24, 2.45) is 5.92 Å². The smallest absolute Gasteiger partial charge is 0.371 e. The number of aromatic carboxylic acids is 1. The topological polar surface area (TPSA) is 68.9 Å². The van der Waals surface area contributed by atoms with E-state index in [1.165, 1.54) is 12.1 Å². The predicted octanol–water partition coefficient (Wildman–Crippen LogP) is 1.78. The van der Waals surface area contributed by atoms with Crippen LogP contribution in [0.3, 0.4) is 0 Å². The normalized spacial score (nSPS) is 17.2. The zero-order chi connectivity index (χ0) is 11.4. The van der Waals surface area contributed by atoms with Gasteiger partial charge < -0.3 is 19.0 Å². The van der Waals surface area contributed by atoms with Gasteiger partial charge in [-0.2, -0.15) is 0 Å². The summed E-state index contributed by atoms with van der Waals surface area (Å²) >= 11 is 0. The first-order valence-corrected chi connectivity index (χ1v) is 5.29. The number of hydrogen-bond acceptors (Lipinski definition) is 4. The largest absolute Gasteiger partial charge is 0.475 e. The fourth-order valence-corrected chi connectivity index (χ4v) is 1.63. The Morgan fingerprint density at radius 1 is 1.44 bits per heavy atom. The molecule has 1 aromatic heterocycles. The van der Waals surface area contributed by atoms with Crippen LogP contribution in [0.15, 0.2) is 16.5 Å². The van der Waals surface area contributed by atoms with Gasteiger partial charge in [-0.1, -0.05) is 0 Å². The molecule has 1 aromatic rings. The third kappa shape index (κ3) is 2.76. The molecule has 0 bridgehead atoms. The van der Waals surface area contributed by atoms with Crippen LogP contribution in [-0.4, -0.2) is 30.9 Å². The van der Waals surface area contributed by atoms with Crippen LogP contribution >= 0.6 is 0 Å². The minimum absolute atomic E-state index is 0.0954. The van der Waals surface area contributed by atoms with Crippen molar-refractivity contribution < 1.29 is 23.8 Å². The van der Waals surface area contributed by atoms with Crippen molar-refractivity contribution in [2.75, 3.05) is 19.8 Å². The summed E-state index contributed by atoms with van der Waals surface area (Å²) in [7, 11) is 0. The van der Waals surface area contributed by atoms with Gasteiger partial charge in [0.25, 0.3) is 5.95 Å². The van der Waals surface area contributed by atoms with Gasteiger partial charge in [-0.15, -0.1) is 0 Å². The van der Waals surface area contributed by atoms with E-state index in [2.05, 4.69) is 0 Å². The van der Waals surface area contributed by atoms with E-state index in [1.54, 1.807) is 0 Å². The van der Waals surface area contributed by atoms with Crippen LogP contribution in [0.4, 0.5) is 0 Å². The summed E-state index contributed by atoms with van der Waals surface area (Å²) in [6, 6.07) is 2.92. The maximum atomic E-state index is 10.6. The predicted molar refractivity (Wildman–Crippen MR) is 54.7 cm³/mol. The molecule has 1 N–H and O–H groups in total. The van der Waals surface area contributed by atoms with Gasteiger partial charge in [0.2, 0.25) is 5.76 Å². The molecule has 2 rings (SSSR count). The minimum atomic E-state index is -1.08. The third-order valence-corrected chi connectivity index (χ3v) is 2.59. The number of hydrogen-bond donors (Lipinski definition) is 1. The standard InChI is InChI=1S/C11H14O5/c12-11(13)9-1-2-10(16-9)15-7-8-3-5-14-6-4-8/h1-2,8H,3-7H2,(H,12,13). The summed E-state index contributed by atoms with van der Waals surface area (Å²) < 4.78 is 15.6. The first-order valence-electron chi connectivity index (χ1n) is 5.29. The summed E-state index contributed by atoms with van der Waals surface area (Å²) in [4.78, 5) is 10.6. The Morgan fingerprint density at radius 3 is 2.81 bits per heavy atom. The lowest BCUT2D eigenvalue weighted by molar-refractivity contribution is 0.0447. The van der Waals surface area contributed by atoms with E-state index >= 15 is 0 Å². The Bertz CT molecular complexity index is 351. The van der Waals surface area contributed by atoms with Crippen LogP contribution < -0.4 is 4.74 Å². The van der Waals surface area contributed by atoms with E-state index in [9.17, 15) is 4.79 Å². The molecule has 0 aliphatic carbocycles. The molecule has 1 aliphatic heterocycles. The second kappa shape index (κ2) is 5.03. The average molecular weight is 226 g/mol. The second-order valence-electron chi connectivity index (χ2n) is 3.79. The van der Waals surface area contributed by atoms with Crippen LogP contribution in [0.25, 0.3) is 0 Å². The number of ether oxygens (including phenoxy) is 2. The van der Waals surface area contributed by atoms with E-state index in [-0.39, 0.29) is 11.7 Å². The maximum absolute atomic E-state index is 10.6. The molecule has 1 saturated heterocycles. The molecule has 1 aliphatic rings. The molecule has 5 nitrogen and oxygen atoms in total. The van der Waals surface area contributed by atoms with Crippen LogP contribution in [0.5, 0.6) is 5.95 Å². The van der Waals surface area contributed by atoms with Gasteiger partial charge in [0.15, 0.2) is 0 Å². The quantitative estimate of drug-likeness (QED) is 0.847. The Balaban J connectivity index is 1.81. The number of carboxylic acid groups (broad SMARTS) is 1. The lowest BCUT2D eigenvalue weighted by Crippen LogP contribution is -2.21. The lowest BCUT2D eigenvalue weighted by atomic mass is 10.0. The summed E-state index contributed by atoms with van der Waals surface area (Å²) in [5, 5.41) is 8.65. The molecular formula is C11H14O5. The maximum Gasteiger partial charge on any atom is 0.371 e. The van der Waals surface area contributed by atoms with Crippen molar-refractivity contribution in [1.29, 1.82) is 0 Å². The molecule has 0 saturated carbocycles. The molecule has 0 unspecified atom stereocenters. The number of carboxylic acids is 1. The molecule has 0 radical (unpaired) electrons. The highest BCUT2D eigenvalue weighted by molar-refractivity contribution is 5.84. The van der Waals surface area contributed by atoms with Crippen molar-refractivity contribution >= 4 is 5.97 Å². The third-order valence-electron chi connectivity index (χ3n) is 2.59. The summed E-state index contributed by atoms with van der Waals surface area (Å²) in [6.45, 7) is 2.09. The van der Waals surface area contributed by atoms with Crippen molar-refractivity contribution in [2.45, 2.75) is 12.8 Å². The lowest BCUT2D eigenvalue weighted by Gasteiger charge is -2.21. The molecule has 0 atom stereocenters. The fraction of sp³-hybridized carbons (Fsp3) is 0.545. The summed E-state index contributed by atoms with van der Waals surface area (Å²) in [5.41, 5.74) is 0. The number of furan rings is 1. The highest BCUT2D eigenvalue weighted by atomic mass is 16.6. The zero-order valence-electron chi connectivity index (χ0n) is 8.85. The first-order chi connectivity index (χ1) is 7.75. The summed E-state index contributed by atoms with van der Waals surface area (Å²) in [6.07, 6.45) is 1.96. The van der Waals surface area contributed by atoms with Gasteiger partial charge in [0, 0.05) is 19.3 Å². The first kappa shape index (κ1) is 11.0. The molecular weight excluding hydrogens is 212 g/mol. The molecule has 1 fully saturated rings. The Kier molecular flexibility index (Phi) is 3.46. The van der Waals surface area contributed by atoms with Crippen molar-refractivity contribution in [3.63, 3.8) is 0 Å². The van der Waals surface area contributed by atoms with E-state index in [1.807, 2.05) is 0 Å². The van der Waals surface area contributed by atoms with Gasteiger partial charge >= 0.3 is 5.97 Å². The van der Waals surface area contributed by atoms with Crippen molar-refractivity contribution in [1.82, 2.24) is 0 Å². The van der Waals surface area contributed by atoms with Gasteiger partial charge in [0.1, 0.15) is 0 Å². The van der Waals surface area contributed by atoms with Gasteiger partial charge in [0.05, 0.1) is 6.61 Å². The van der Waals surface area contributed by atoms with Crippen molar-refractivity contribution in [3.05, 3.63) is 17.9 Å². The number of carbonyl (C=O) groups is 1. The Labute approximate surface area is 93.0 Å². The highest BCUT2D eigenvalue weighted by Crippen LogP contribution is 2.20. The van der Waals surface area contributed by atoms with E-state index in [4.69, 9.17) is 19.0 Å². The van der Waals surface area contributed by atoms with Crippen molar-refractivity contribution in [3.8, 4) is 5.95 Å². The molecule has 88 valence electrons. The SMILES string of the molecule is O=C(O)c1ccc(OCC2CCOCC2)o1. The Hall–Kier alpha value is -1.49. The van der Waals surface area contributed by atoms with Crippen LogP contribution in [-0.2, 0) is 4.74 Å². The van der Waals surface area contributed by atoms with Crippen LogP contribution in [0, 0.1) is 5.92 Å². The van der Waals surface area contributed by atoms with Gasteiger partial charge in [-0.3, -0.25) is 0 Å². The van der Waals surface area contributed by atoms with Gasteiger partial charge in [-0.25, -0.2) is 4.79 Å². The van der Waals surface area contributed by atoms with Crippen LogP contribution in [0.2, 0.25) is 0 Å². The summed E-state index contributed by atoms with van der Waals surface area (Å²) in [5.74, 6) is -0.445. The van der Waals surface area contributed by atoms with E-state index < -0.39 is 5.97 Å².